The number of nitrogens with zero attached hydrogens (tertiary/aromatic N) is 2. The molecular formula is C83H66N2O. The number of hydrogen-bond acceptors (Lipinski definition) is 3. The summed E-state index contributed by atoms with van der Waals surface area (Å²) >= 11 is 0. The molecule has 414 valence electrons. The second kappa shape index (κ2) is 20.5. The third-order valence-electron chi connectivity index (χ3n) is 17.7. The molecule has 1 aromatic heterocycles. The van der Waals surface area contributed by atoms with Crippen LogP contribution in [0.15, 0.2) is 277 Å². The van der Waals surface area contributed by atoms with Crippen molar-refractivity contribution in [2.75, 3.05) is 9.80 Å². The number of para-hydroxylation sites is 4. The Morgan fingerprint density at radius 3 is 1.07 bits per heavy atom. The van der Waals surface area contributed by atoms with E-state index in [1.165, 1.54) is 111 Å². The minimum atomic E-state index is -0.116. The lowest BCUT2D eigenvalue weighted by molar-refractivity contribution is 0.573. The average molecular weight is 1110 g/mol. The van der Waals surface area contributed by atoms with Crippen LogP contribution in [0.5, 0.6) is 0 Å². The Morgan fingerprint density at radius 2 is 0.651 bits per heavy atom. The summed E-state index contributed by atoms with van der Waals surface area (Å²) in [6.45, 7) is 15.9. The number of aryl methyl sites for hydroxylation is 1. The molecule has 0 N–H and O–H groups in total. The molecule has 0 saturated heterocycles. The fraction of sp³-hybridized carbons (Fsp3) is 0.108. The lowest BCUT2D eigenvalue weighted by Crippen LogP contribution is -2.15. The van der Waals surface area contributed by atoms with E-state index in [0.29, 0.717) is 0 Å². The molecule has 0 bridgehead atoms. The molecule has 0 amide bonds. The van der Waals surface area contributed by atoms with Crippen LogP contribution in [0.4, 0.5) is 34.1 Å². The standard InChI is InChI=1S/C83H66N2O/c1-53-44-45-58(82(2,3)4)50-71(53)85(60-38-24-13-25-39-60)62-47-49-64-68(52-62)75(57-34-20-11-21-35-57)79-76-72(54-28-14-8-15-29-54)63-48-46-61(51-67(63)74(56-32-18-10-19-33-56)78(76)77(79)73(64)55-30-16-9-17-31-55)84(59-36-22-12-23-37-59)70-43-27-41-66-65-40-26-42-69(83(5,6)7)80(65)86-81(66)70/h8-52H,1-7H3. The van der Waals surface area contributed by atoms with E-state index in [0.717, 1.165) is 50.4 Å². The third kappa shape index (κ3) is 8.63. The first kappa shape index (κ1) is 52.6. The Morgan fingerprint density at radius 1 is 0.267 bits per heavy atom. The van der Waals surface area contributed by atoms with Crippen molar-refractivity contribution in [1.29, 1.82) is 0 Å². The van der Waals surface area contributed by atoms with Crippen molar-refractivity contribution in [1.82, 2.24) is 0 Å². The molecule has 1 heterocycles. The summed E-state index contributed by atoms with van der Waals surface area (Å²) in [5, 5.41) is 6.98. The van der Waals surface area contributed by atoms with Gasteiger partial charge in [0.1, 0.15) is 5.58 Å². The molecule has 13 aromatic carbocycles. The molecule has 0 unspecified atom stereocenters. The number of furan rings is 1. The summed E-state index contributed by atoms with van der Waals surface area (Å²) in [4.78, 5) is 4.87. The van der Waals surface area contributed by atoms with E-state index >= 15 is 0 Å². The van der Waals surface area contributed by atoms with Crippen molar-refractivity contribution in [3.8, 4) is 66.8 Å². The smallest absolute Gasteiger partial charge is 0.159 e. The molecule has 14 aromatic rings. The van der Waals surface area contributed by atoms with E-state index in [1.54, 1.807) is 0 Å². The topological polar surface area (TPSA) is 19.6 Å². The Kier molecular flexibility index (Phi) is 12.6. The average Bonchev–Trinajstić information content (AvgIpc) is 0.790. The molecule has 0 saturated carbocycles. The van der Waals surface area contributed by atoms with Gasteiger partial charge in [-0.25, -0.2) is 0 Å². The van der Waals surface area contributed by atoms with Gasteiger partial charge in [-0.3, -0.25) is 0 Å². The van der Waals surface area contributed by atoms with Crippen LogP contribution < -0.4 is 9.80 Å². The minimum Gasteiger partial charge on any atom is -0.454 e. The van der Waals surface area contributed by atoms with Gasteiger partial charge >= 0.3 is 0 Å². The fourth-order valence-corrected chi connectivity index (χ4v) is 13.7. The summed E-state index contributed by atoms with van der Waals surface area (Å²) in [5.74, 6) is 0. The first-order chi connectivity index (χ1) is 41.9. The maximum Gasteiger partial charge on any atom is 0.159 e. The molecule has 15 rings (SSSR count). The fourth-order valence-electron chi connectivity index (χ4n) is 13.7. The Balaban J connectivity index is 1.07. The van der Waals surface area contributed by atoms with Gasteiger partial charge in [0.2, 0.25) is 0 Å². The van der Waals surface area contributed by atoms with Crippen molar-refractivity contribution >= 4 is 77.6 Å². The molecule has 0 fully saturated rings. The van der Waals surface area contributed by atoms with E-state index in [2.05, 4.69) is 331 Å². The number of anilines is 6. The van der Waals surface area contributed by atoms with Gasteiger partial charge in [-0.1, -0.05) is 254 Å². The Labute approximate surface area is 504 Å². The van der Waals surface area contributed by atoms with Crippen LogP contribution in [0.3, 0.4) is 0 Å². The van der Waals surface area contributed by atoms with Crippen molar-refractivity contribution in [2.24, 2.45) is 0 Å². The highest BCUT2D eigenvalue weighted by molar-refractivity contribution is 6.33. The van der Waals surface area contributed by atoms with E-state index in [1.807, 2.05) is 0 Å². The lowest BCUT2D eigenvalue weighted by atomic mass is 9.65. The normalized spacial score (nSPS) is 12.1. The molecule has 0 aliphatic heterocycles. The van der Waals surface area contributed by atoms with Crippen LogP contribution in [0.25, 0.3) is 110 Å². The summed E-state index contributed by atoms with van der Waals surface area (Å²) in [5.41, 5.74) is 26.4. The van der Waals surface area contributed by atoms with E-state index in [9.17, 15) is 0 Å². The predicted octanol–water partition coefficient (Wildman–Crippen LogP) is 24.1. The first-order valence-corrected chi connectivity index (χ1v) is 30.2. The van der Waals surface area contributed by atoms with Crippen LogP contribution in [-0.2, 0) is 10.8 Å². The number of fused-ring (bicyclic) bond motifs is 9. The molecule has 0 atom stereocenters. The van der Waals surface area contributed by atoms with E-state index < -0.39 is 0 Å². The van der Waals surface area contributed by atoms with Gasteiger partial charge in [0.25, 0.3) is 0 Å². The van der Waals surface area contributed by atoms with Gasteiger partial charge in [-0.2, -0.15) is 0 Å². The molecule has 3 nitrogen and oxygen atoms in total. The molecule has 1 aliphatic rings. The zero-order chi connectivity index (χ0) is 58.4. The van der Waals surface area contributed by atoms with Crippen molar-refractivity contribution < 1.29 is 4.42 Å². The lowest BCUT2D eigenvalue weighted by Gasteiger charge is -2.38. The largest absolute Gasteiger partial charge is 0.454 e. The van der Waals surface area contributed by atoms with Crippen LogP contribution >= 0.6 is 0 Å². The van der Waals surface area contributed by atoms with Gasteiger partial charge in [0, 0.05) is 44.8 Å². The predicted molar refractivity (Wildman–Crippen MR) is 366 cm³/mol. The first-order valence-electron chi connectivity index (χ1n) is 30.2. The Bertz CT molecular complexity index is 4920. The van der Waals surface area contributed by atoms with Gasteiger partial charge in [-0.05, 0) is 178 Å². The number of rotatable bonds is 10. The Hall–Kier alpha value is -10.2. The van der Waals surface area contributed by atoms with Gasteiger partial charge in [0.15, 0.2) is 5.58 Å². The highest BCUT2D eigenvalue weighted by Crippen LogP contribution is 2.66. The number of hydrogen-bond donors (Lipinski definition) is 0. The van der Waals surface area contributed by atoms with Crippen molar-refractivity contribution in [3.05, 3.63) is 290 Å². The summed E-state index contributed by atoms with van der Waals surface area (Å²) in [6, 6.07) is 101. The highest BCUT2D eigenvalue weighted by Gasteiger charge is 2.39. The minimum absolute atomic E-state index is 0.0438. The molecule has 0 spiro atoms. The summed E-state index contributed by atoms with van der Waals surface area (Å²) in [6.07, 6.45) is 0. The molecule has 3 heteroatoms. The van der Waals surface area contributed by atoms with E-state index in [-0.39, 0.29) is 10.8 Å². The number of benzene rings is 13. The van der Waals surface area contributed by atoms with Crippen LogP contribution in [0.1, 0.15) is 58.2 Å². The monoisotopic (exact) mass is 1110 g/mol. The third-order valence-corrected chi connectivity index (χ3v) is 17.7. The van der Waals surface area contributed by atoms with Crippen LogP contribution in [0, 0.1) is 6.92 Å². The van der Waals surface area contributed by atoms with Crippen molar-refractivity contribution in [2.45, 2.75) is 59.3 Å². The summed E-state index contributed by atoms with van der Waals surface area (Å²) < 4.78 is 7.19. The highest BCUT2D eigenvalue weighted by atomic mass is 16.3. The summed E-state index contributed by atoms with van der Waals surface area (Å²) in [7, 11) is 0. The molecule has 1 aliphatic carbocycles. The SMILES string of the molecule is Cc1ccc(C(C)(C)C)cc1N(c1ccccc1)c1ccc2c(-c3ccccc3)c3c(c(-c4ccccc4)c2c1)-c1c-3c(-c2ccccc2)c2cc(N(c3ccccc3)c3cccc4c3oc3c(C(C)(C)C)cccc34)ccc2c1-c1ccccc1. The quantitative estimate of drug-likeness (QED) is 0.136. The molecule has 0 radical (unpaired) electrons. The van der Waals surface area contributed by atoms with Crippen LogP contribution in [0.2, 0.25) is 0 Å². The van der Waals surface area contributed by atoms with Crippen molar-refractivity contribution in [3.63, 3.8) is 0 Å². The second-order valence-electron chi connectivity index (χ2n) is 25.2. The van der Waals surface area contributed by atoms with Crippen LogP contribution in [-0.4, -0.2) is 0 Å². The van der Waals surface area contributed by atoms with E-state index in [4.69, 9.17) is 4.42 Å². The van der Waals surface area contributed by atoms with Gasteiger partial charge in [0.05, 0.1) is 5.69 Å². The zero-order valence-corrected chi connectivity index (χ0v) is 49.8. The maximum absolute atomic E-state index is 7.19. The van der Waals surface area contributed by atoms with Gasteiger partial charge < -0.3 is 14.2 Å². The molecule has 86 heavy (non-hydrogen) atoms. The van der Waals surface area contributed by atoms with Gasteiger partial charge in [-0.15, -0.1) is 0 Å². The molecular weight excluding hydrogens is 1040 g/mol. The second-order valence-corrected chi connectivity index (χ2v) is 25.2. The zero-order valence-electron chi connectivity index (χ0n) is 49.8. The maximum atomic E-state index is 7.19.